The molecule has 0 aliphatic carbocycles. The van der Waals surface area contributed by atoms with Crippen LogP contribution in [0.3, 0.4) is 0 Å². The highest BCUT2D eigenvalue weighted by Gasteiger charge is 2.14. The Labute approximate surface area is 189 Å². The summed E-state index contributed by atoms with van der Waals surface area (Å²) in [5.41, 5.74) is 5.45. The van der Waals surface area contributed by atoms with Crippen LogP contribution < -0.4 is 10.1 Å². The van der Waals surface area contributed by atoms with Crippen LogP contribution in [0, 0.1) is 10.1 Å². The SMILES string of the molecule is O=[N+]([O-])c1ccc(Nc2cnc(OCc3ccccc3)c(-c3cccc4[nH]ccc34)c2)cc1. The van der Waals surface area contributed by atoms with E-state index in [0.29, 0.717) is 12.5 Å². The van der Waals surface area contributed by atoms with Gasteiger partial charge in [-0.2, -0.15) is 0 Å². The van der Waals surface area contributed by atoms with E-state index in [1.165, 1.54) is 12.1 Å². The summed E-state index contributed by atoms with van der Waals surface area (Å²) in [4.78, 5) is 18.3. The van der Waals surface area contributed by atoms with E-state index in [9.17, 15) is 10.1 Å². The molecule has 2 aromatic heterocycles. The number of fused-ring (bicyclic) bond motifs is 1. The summed E-state index contributed by atoms with van der Waals surface area (Å²) in [6, 6.07) is 26.3. The highest BCUT2D eigenvalue weighted by Crippen LogP contribution is 2.36. The van der Waals surface area contributed by atoms with Crippen molar-refractivity contribution in [2.45, 2.75) is 6.61 Å². The van der Waals surface area contributed by atoms with Crippen molar-refractivity contribution in [2.24, 2.45) is 0 Å². The molecule has 0 aliphatic rings. The van der Waals surface area contributed by atoms with Gasteiger partial charge >= 0.3 is 0 Å². The molecule has 0 saturated carbocycles. The van der Waals surface area contributed by atoms with Crippen molar-refractivity contribution in [3.63, 3.8) is 0 Å². The number of nitrogens with zero attached hydrogens (tertiary/aromatic N) is 2. The average molecular weight is 436 g/mol. The minimum Gasteiger partial charge on any atom is -0.472 e. The third kappa shape index (κ3) is 4.38. The lowest BCUT2D eigenvalue weighted by atomic mass is 10.0. The monoisotopic (exact) mass is 436 g/mol. The van der Waals surface area contributed by atoms with E-state index in [1.54, 1.807) is 18.3 Å². The van der Waals surface area contributed by atoms with E-state index in [2.05, 4.69) is 15.3 Å². The standard InChI is InChI=1S/C26H20N4O3/c31-30(32)21-11-9-19(10-12-21)29-20-15-24(22-7-4-8-25-23(22)13-14-27-25)26(28-16-20)33-17-18-5-2-1-3-6-18/h1-16,27,29H,17H2. The Morgan fingerprint density at radius 2 is 1.73 bits per heavy atom. The van der Waals surface area contributed by atoms with Crippen LogP contribution in [0.15, 0.2) is 97.3 Å². The molecule has 5 aromatic rings. The zero-order valence-electron chi connectivity index (χ0n) is 17.6. The topological polar surface area (TPSA) is 93.1 Å². The summed E-state index contributed by atoms with van der Waals surface area (Å²) in [7, 11) is 0. The van der Waals surface area contributed by atoms with Crippen LogP contribution in [-0.2, 0) is 6.61 Å². The summed E-state index contributed by atoms with van der Waals surface area (Å²) in [5.74, 6) is 0.529. The molecule has 0 atom stereocenters. The maximum absolute atomic E-state index is 10.9. The van der Waals surface area contributed by atoms with Gasteiger partial charge < -0.3 is 15.0 Å². The number of benzene rings is 3. The second kappa shape index (κ2) is 8.84. The minimum atomic E-state index is -0.417. The molecule has 0 fully saturated rings. The molecule has 7 heteroatoms. The molecule has 0 bridgehead atoms. The largest absolute Gasteiger partial charge is 0.472 e. The van der Waals surface area contributed by atoms with Crippen molar-refractivity contribution in [1.29, 1.82) is 0 Å². The number of ether oxygens (including phenoxy) is 1. The van der Waals surface area contributed by atoms with Crippen molar-refractivity contribution >= 4 is 28.0 Å². The second-order valence-corrected chi connectivity index (χ2v) is 7.52. The number of pyridine rings is 1. The molecule has 5 rings (SSSR count). The van der Waals surface area contributed by atoms with Gasteiger partial charge in [0, 0.05) is 40.5 Å². The number of hydrogen-bond donors (Lipinski definition) is 2. The molecule has 162 valence electrons. The average Bonchev–Trinajstić information content (AvgIpc) is 3.33. The Morgan fingerprint density at radius 1 is 0.909 bits per heavy atom. The van der Waals surface area contributed by atoms with Gasteiger partial charge in [-0.1, -0.05) is 42.5 Å². The van der Waals surface area contributed by atoms with Gasteiger partial charge in [-0.25, -0.2) is 4.98 Å². The van der Waals surface area contributed by atoms with E-state index in [4.69, 9.17) is 4.74 Å². The van der Waals surface area contributed by atoms with Crippen molar-refractivity contribution in [2.75, 3.05) is 5.32 Å². The Balaban J connectivity index is 1.51. The summed E-state index contributed by atoms with van der Waals surface area (Å²) in [5, 5.41) is 15.3. The van der Waals surface area contributed by atoms with E-state index in [1.807, 2.05) is 66.9 Å². The number of nitro benzene ring substituents is 1. The predicted molar refractivity (Wildman–Crippen MR) is 129 cm³/mol. The number of H-pyrrole nitrogens is 1. The normalized spacial score (nSPS) is 10.8. The Morgan fingerprint density at radius 3 is 2.52 bits per heavy atom. The van der Waals surface area contributed by atoms with Crippen LogP contribution in [0.1, 0.15) is 5.56 Å². The molecule has 0 aliphatic heterocycles. The lowest BCUT2D eigenvalue weighted by Gasteiger charge is -2.14. The van der Waals surface area contributed by atoms with E-state index < -0.39 is 4.92 Å². The van der Waals surface area contributed by atoms with Gasteiger partial charge in [-0.15, -0.1) is 0 Å². The fourth-order valence-corrected chi connectivity index (χ4v) is 3.71. The molecule has 33 heavy (non-hydrogen) atoms. The summed E-state index contributed by atoms with van der Waals surface area (Å²) >= 11 is 0. The second-order valence-electron chi connectivity index (χ2n) is 7.52. The zero-order valence-corrected chi connectivity index (χ0v) is 17.6. The number of nitro groups is 1. The Bertz CT molecular complexity index is 1410. The third-order valence-corrected chi connectivity index (χ3v) is 5.32. The number of nitrogens with one attached hydrogen (secondary N) is 2. The quantitative estimate of drug-likeness (QED) is 0.226. The van der Waals surface area contributed by atoms with Gasteiger partial charge in [0.25, 0.3) is 5.69 Å². The van der Waals surface area contributed by atoms with Crippen molar-refractivity contribution in [3.8, 4) is 17.0 Å². The van der Waals surface area contributed by atoms with Gasteiger partial charge in [0.2, 0.25) is 5.88 Å². The predicted octanol–water partition coefficient (Wildman–Crippen LogP) is 6.46. The molecule has 0 saturated heterocycles. The van der Waals surface area contributed by atoms with Crippen molar-refractivity contribution in [3.05, 3.63) is 113 Å². The summed E-state index contributed by atoms with van der Waals surface area (Å²) in [6.45, 7) is 0.402. The van der Waals surface area contributed by atoms with Crippen LogP contribution in [0.2, 0.25) is 0 Å². The fourth-order valence-electron chi connectivity index (χ4n) is 3.71. The van der Waals surface area contributed by atoms with E-state index in [0.717, 1.165) is 39.0 Å². The number of anilines is 2. The van der Waals surface area contributed by atoms with Crippen molar-refractivity contribution in [1.82, 2.24) is 9.97 Å². The van der Waals surface area contributed by atoms with Gasteiger partial charge in [0.05, 0.1) is 16.8 Å². The van der Waals surface area contributed by atoms with Crippen LogP contribution in [0.4, 0.5) is 17.1 Å². The van der Waals surface area contributed by atoms with Gasteiger partial charge in [0.15, 0.2) is 0 Å². The first-order valence-electron chi connectivity index (χ1n) is 10.4. The molecule has 0 spiro atoms. The van der Waals surface area contributed by atoms with Gasteiger partial charge in [-0.3, -0.25) is 10.1 Å². The molecule has 0 unspecified atom stereocenters. The molecular weight excluding hydrogens is 416 g/mol. The van der Waals surface area contributed by atoms with Crippen LogP contribution >= 0.6 is 0 Å². The first-order valence-corrected chi connectivity index (χ1v) is 10.4. The first-order chi connectivity index (χ1) is 16.2. The van der Waals surface area contributed by atoms with Gasteiger partial charge in [0.1, 0.15) is 6.61 Å². The van der Waals surface area contributed by atoms with Gasteiger partial charge in [-0.05, 0) is 41.5 Å². The van der Waals surface area contributed by atoms with Crippen molar-refractivity contribution < 1.29 is 9.66 Å². The highest BCUT2D eigenvalue weighted by molar-refractivity contribution is 5.96. The Kier molecular flexibility index (Phi) is 5.43. The molecule has 0 radical (unpaired) electrons. The summed E-state index contributed by atoms with van der Waals surface area (Å²) in [6.07, 6.45) is 3.60. The number of non-ortho nitro benzene ring substituents is 1. The number of aromatic nitrogens is 2. The third-order valence-electron chi connectivity index (χ3n) is 5.32. The smallest absolute Gasteiger partial charge is 0.269 e. The summed E-state index contributed by atoms with van der Waals surface area (Å²) < 4.78 is 6.13. The minimum absolute atomic E-state index is 0.0446. The van der Waals surface area contributed by atoms with Crippen LogP contribution in [-0.4, -0.2) is 14.9 Å². The van der Waals surface area contributed by atoms with Crippen LogP contribution in [0.5, 0.6) is 5.88 Å². The lowest BCUT2D eigenvalue weighted by Crippen LogP contribution is -2.01. The Hall–Kier alpha value is -4.65. The fraction of sp³-hybridized carbons (Fsp3) is 0.0385. The number of aromatic amines is 1. The maximum atomic E-state index is 10.9. The molecule has 3 aromatic carbocycles. The molecule has 7 nitrogen and oxygen atoms in total. The molecule has 0 amide bonds. The molecular formula is C26H20N4O3. The maximum Gasteiger partial charge on any atom is 0.269 e. The number of hydrogen-bond acceptors (Lipinski definition) is 5. The first kappa shape index (κ1) is 20.3. The molecule has 2 heterocycles. The van der Waals surface area contributed by atoms with E-state index >= 15 is 0 Å². The number of rotatable bonds is 7. The highest BCUT2D eigenvalue weighted by atomic mass is 16.6. The van der Waals surface area contributed by atoms with E-state index in [-0.39, 0.29) is 5.69 Å². The zero-order chi connectivity index (χ0) is 22.6. The lowest BCUT2D eigenvalue weighted by molar-refractivity contribution is -0.384. The molecule has 2 N–H and O–H groups in total. The van der Waals surface area contributed by atoms with Crippen LogP contribution in [0.25, 0.3) is 22.0 Å².